The van der Waals surface area contributed by atoms with Crippen LogP contribution in [0.5, 0.6) is 11.5 Å². The number of carboxylic acids is 1. The van der Waals surface area contributed by atoms with Gasteiger partial charge in [-0.05, 0) is 55.3 Å². The maximum Gasteiger partial charge on any atom is 0.308 e. The number of aliphatic carboxylic acids is 1. The average Bonchev–Trinajstić information content (AvgIpc) is 2.88. The molecule has 0 aromatic heterocycles. The number of benzene rings is 3. The van der Waals surface area contributed by atoms with Gasteiger partial charge in [-0.3, -0.25) is 4.79 Å². The third-order valence-corrected chi connectivity index (χ3v) is 9.65. The van der Waals surface area contributed by atoms with Gasteiger partial charge in [0.15, 0.2) is 11.5 Å². The van der Waals surface area contributed by atoms with Crippen LogP contribution in [0.25, 0.3) is 0 Å². The minimum Gasteiger partial charge on any atom is -0.493 e. The highest BCUT2D eigenvalue weighted by Crippen LogP contribution is 2.45. The molecule has 0 radical (unpaired) electrons. The van der Waals surface area contributed by atoms with Crippen molar-refractivity contribution in [3.8, 4) is 11.5 Å². The molecule has 3 aromatic rings. The van der Waals surface area contributed by atoms with Gasteiger partial charge in [0.1, 0.15) is 0 Å². The number of hydrogen-bond acceptors (Lipinski definition) is 6. The number of aryl methyl sites for hydroxylation is 1. The van der Waals surface area contributed by atoms with Gasteiger partial charge in [-0.1, -0.05) is 42.0 Å². The van der Waals surface area contributed by atoms with Crippen LogP contribution in [0, 0.1) is 12.8 Å². The first-order valence-electron chi connectivity index (χ1n) is 11.5. The Labute approximate surface area is 216 Å². The van der Waals surface area contributed by atoms with Crippen molar-refractivity contribution >= 4 is 27.8 Å². The quantitative estimate of drug-likeness (QED) is 0.440. The molecule has 1 aliphatic heterocycles. The van der Waals surface area contributed by atoms with E-state index in [0.29, 0.717) is 23.5 Å². The summed E-state index contributed by atoms with van der Waals surface area (Å²) in [6.07, 6.45) is 0.317. The third-order valence-electron chi connectivity index (χ3n) is 6.40. The summed E-state index contributed by atoms with van der Waals surface area (Å²) in [4.78, 5) is 13.4. The van der Waals surface area contributed by atoms with E-state index in [2.05, 4.69) is 0 Å². The summed E-state index contributed by atoms with van der Waals surface area (Å²) < 4.78 is 39.9. The van der Waals surface area contributed by atoms with Gasteiger partial charge in [-0.2, -0.15) is 4.31 Å². The molecule has 190 valence electrons. The van der Waals surface area contributed by atoms with Crippen LogP contribution in [-0.2, 0) is 14.8 Å². The Kier molecular flexibility index (Phi) is 7.92. The number of thioether (sulfide) groups is 1. The normalized spacial score (nSPS) is 20.6. The number of hydrogen-bond donors (Lipinski definition) is 1. The summed E-state index contributed by atoms with van der Waals surface area (Å²) in [6.45, 7) is 1.74. The fraction of sp³-hybridized carbons (Fsp3) is 0.296. The summed E-state index contributed by atoms with van der Waals surface area (Å²) >= 11 is 1.47. The molecule has 3 aromatic carbocycles. The number of sulfonamides is 1. The van der Waals surface area contributed by atoms with Crippen molar-refractivity contribution in [2.75, 3.05) is 20.8 Å². The molecule has 7 nitrogen and oxygen atoms in total. The summed E-state index contributed by atoms with van der Waals surface area (Å²) in [6, 6.07) is 20.9. The largest absolute Gasteiger partial charge is 0.493 e. The number of ether oxygens (including phenoxy) is 2. The molecule has 0 aliphatic carbocycles. The molecule has 1 heterocycles. The first-order chi connectivity index (χ1) is 17.2. The second-order valence-electron chi connectivity index (χ2n) is 8.67. The van der Waals surface area contributed by atoms with E-state index >= 15 is 0 Å². The number of rotatable bonds is 8. The molecule has 0 unspecified atom stereocenters. The zero-order valence-corrected chi connectivity index (χ0v) is 22.0. The lowest BCUT2D eigenvalue weighted by atomic mass is 9.90. The van der Waals surface area contributed by atoms with Gasteiger partial charge in [0.25, 0.3) is 0 Å². The van der Waals surface area contributed by atoms with E-state index in [1.807, 2.05) is 43.3 Å². The van der Waals surface area contributed by atoms with Crippen LogP contribution in [0.1, 0.15) is 23.6 Å². The van der Waals surface area contributed by atoms with Crippen molar-refractivity contribution < 1.29 is 27.8 Å². The Morgan fingerprint density at radius 3 is 2.25 bits per heavy atom. The number of piperidine rings is 1. The predicted octanol–water partition coefficient (Wildman–Crippen LogP) is 5.01. The summed E-state index contributed by atoms with van der Waals surface area (Å²) in [5.74, 6) is -0.885. The molecule has 4 rings (SSSR count). The van der Waals surface area contributed by atoms with Crippen molar-refractivity contribution in [3.05, 3.63) is 83.9 Å². The minimum absolute atomic E-state index is 0.136. The molecular formula is C27H29NO6S2. The minimum atomic E-state index is -3.99. The topological polar surface area (TPSA) is 93.1 Å². The Balaban J connectivity index is 1.80. The van der Waals surface area contributed by atoms with Gasteiger partial charge in [0.05, 0.1) is 31.1 Å². The van der Waals surface area contributed by atoms with Gasteiger partial charge in [-0.15, -0.1) is 11.8 Å². The monoisotopic (exact) mass is 527 g/mol. The number of carbonyl (C=O) groups is 1. The van der Waals surface area contributed by atoms with Crippen LogP contribution >= 0.6 is 11.8 Å². The number of methoxy groups -OCH3 is 2. The van der Waals surface area contributed by atoms with Gasteiger partial charge in [0.2, 0.25) is 10.0 Å². The Bertz CT molecular complexity index is 1310. The molecule has 1 N–H and O–H groups in total. The van der Waals surface area contributed by atoms with E-state index in [-0.39, 0.29) is 16.7 Å². The van der Waals surface area contributed by atoms with Crippen molar-refractivity contribution in [1.29, 1.82) is 0 Å². The Morgan fingerprint density at radius 2 is 1.64 bits per heavy atom. The van der Waals surface area contributed by atoms with Crippen LogP contribution in [0.4, 0.5) is 0 Å². The maximum atomic E-state index is 13.9. The van der Waals surface area contributed by atoms with Gasteiger partial charge in [0, 0.05) is 16.7 Å². The first kappa shape index (κ1) is 26.1. The van der Waals surface area contributed by atoms with E-state index in [0.717, 1.165) is 10.5 Å². The summed E-state index contributed by atoms with van der Waals surface area (Å²) in [5, 5.41) is 9.77. The standard InChI is InChI=1S/C27H29NO6S2/c1-18-9-12-21(13-10-18)36(31,32)28-17-22(27(29)30)26(35-20-7-5-4-6-8-20)16-23(28)19-11-14-24(33-2)25(15-19)34-3/h4-15,22-23,26H,16-17H2,1-3H3,(H,29,30)/t22-,23+,26-/m1/s1. The van der Waals surface area contributed by atoms with Crippen LogP contribution in [0.3, 0.4) is 0 Å². The predicted molar refractivity (Wildman–Crippen MR) is 139 cm³/mol. The van der Waals surface area contributed by atoms with Crippen molar-refractivity contribution in [1.82, 2.24) is 4.31 Å². The molecule has 0 bridgehead atoms. The van der Waals surface area contributed by atoms with Gasteiger partial charge < -0.3 is 14.6 Å². The second-order valence-corrected chi connectivity index (χ2v) is 11.9. The van der Waals surface area contributed by atoms with E-state index in [1.165, 1.54) is 30.3 Å². The highest BCUT2D eigenvalue weighted by Gasteiger charge is 2.45. The smallest absolute Gasteiger partial charge is 0.308 e. The fourth-order valence-electron chi connectivity index (χ4n) is 4.46. The molecule has 0 amide bonds. The number of carboxylic acid groups (broad SMARTS) is 1. The molecule has 1 aliphatic rings. The lowest BCUT2D eigenvalue weighted by Gasteiger charge is -2.41. The highest BCUT2D eigenvalue weighted by molar-refractivity contribution is 8.00. The molecule has 1 fully saturated rings. The maximum absolute atomic E-state index is 13.9. The third kappa shape index (κ3) is 5.38. The molecule has 0 spiro atoms. The van der Waals surface area contributed by atoms with Crippen LogP contribution in [0.2, 0.25) is 0 Å². The molecule has 9 heteroatoms. The van der Waals surface area contributed by atoms with E-state index in [9.17, 15) is 18.3 Å². The molecule has 0 saturated carbocycles. The van der Waals surface area contributed by atoms with E-state index in [1.54, 1.807) is 36.4 Å². The lowest BCUT2D eigenvalue weighted by Crippen LogP contribution is -2.49. The lowest BCUT2D eigenvalue weighted by molar-refractivity contribution is -0.143. The fourth-order valence-corrected chi connectivity index (χ4v) is 7.42. The van der Waals surface area contributed by atoms with Crippen molar-refractivity contribution in [2.24, 2.45) is 5.92 Å². The first-order valence-corrected chi connectivity index (χ1v) is 13.8. The van der Waals surface area contributed by atoms with Gasteiger partial charge >= 0.3 is 5.97 Å². The average molecular weight is 528 g/mol. The van der Waals surface area contributed by atoms with Crippen molar-refractivity contribution in [2.45, 2.75) is 34.4 Å². The van der Waals surface area contributed by atoms with Gasteiger partial charge in [-0.25, -0.2) is 8.42 Å². The summed E-state index contributed by atoms with van der Waals surface area (Å²) in [5.41, 5.74) is 1.65. The van der Waals surface area contributed by atoms with Crippen LogP contribution in [0.15, 0.2) is 82.6 Å². The van der Waals surface area contributed by atoms with Crippen molar-refractivity contribution in [3.63, 3.8) is 0 Å². The molecule has 3 atom stereocenters. The van der Waals surface area contributed by atoms with E-state index in [4.69, 9.17) is 9.47 Å². The number of nitrogens with zero attached hydrogens (tertiary/aromatic N) is 1. The molecule has 36 heavy (non-hydrogen) atoms. The highest BCUT2D eigenvalue weighted by atomic mass is 32.2. The Hall–Kier alpha value is -3.01. The van der Waals surface area contributed by atoms with Crippen LogP contribution in [-0.4, -0.2) is 49.8 Å². The Morgan fingerprint density at radius 1 is 0.972 bits per heavy atom. The van der Waals surface area contributed by atoms with E-state index < -0.39 is 28.0 Å². The summed E-state index contributed by atoms with van der Waals surface area (Å²) in [7, 11) is -0.922. The van der Waals surface area contributed by atoms with Crippen LogP contribution < -0.4 is 9.47 Å². The zero-order chi connectivity index (χ0) is 25.9. The molecular weight excluding hydrogens is 498 g/mol. The zero-order valence-electron chi connectivity index (χ0n) is 20.3. The SMILES string of the molecule is COc1ccc([C@@H]2C[C@@H](Sc3ccccc3)[C@H](C(=O)O)CN2S(=O)(=O)c2ccc(C)cc2)cc1OC. The molecule has 1 saturated heterocycles. The second kappa shape index (κ2) is 10.9.